The van der Waals surface area contributed by atoms with Crippen LogP contribution in [-0.2, 0) is 4.79 Å². The lowest BCUT2D eigenvalue weighted by Crippen LogP contribution is -2.31. The smallest absolute Gasteiger partial charge is 0.136 e. The third kappa shape index (κ3) is 3.54. The lowest BCUT2D eigenvalue weighted by atomic mass is 10.0. The maximum atomic E-state index is 11.6. The van der Waals surface area contributed by atoms with Gasteiger partial charge in [-0.25, -0.2) is 0 Å². The number of hydrogen-bond acceptors (Lipinski definition) is 2. The van der Waals surface area contributed by atoms with Crippen LogP contribution in [0.4, 0.5) is 0 Å². The third-order valence-electron chi connectivity index (χ3n) is 4.65. The molecule has 0 heterocycles. The average Bonchev–Trinajstić information content (AvgIpc) is 3.21. The van der Waals surface area contributed by atoms with Crippen LogP contribution in [0, 0.1) is 17.8 Å². The quantitative estimate of drug-likeness (QED) is 0.676. The van der Waals surface area contributed by atoms with Crippen LogP contribution in [0.15, 0.2) is 0 Å². The van der Waals surface area contributed by atoms with Gasteiger partial charge in [0.1, 0.15) is 5.78 Å². The molecule has 0 spiro atoms. The standard InChI is InChI=1S/C15H25NO/c17-15-3-1-2-14(15)8-9-16(10-12-4-5-12)11-13-6-7-13/h12-14H,1-11H2. The Balaban J connectivity index is 1.43. The maximum Gasteiger partial charge on any atom is 0.136 e. The van der Waals surface area contributed by atoms with Crippen molar-refractivity contribution in [2.75, 3.05) is 19.6 Å². The van der Waals surface area contributed by atoms with Crippen molar-refractivity contribution in [3.63, 3.8) is 0 Å². The zero-order valence-corrected chi connectivity index (χ0v) is 10.9. The Kier molecular flexibility index (Phi) is 3.51. The highest BCUT2D eigenvalue weighted by Gasteiger charge is 2.30. The van der Waals surface area contributed by atoms with E-state index in [1.54, 1.807) is 0 Å². The first-order valence-electron chi connectivity index (χ1n) is 7.56. The summed E-state index contributed by atoms with van der Waals surface area (Å²) >= 11 is 0. The van der Waals surface area contributed by atoms with E-state index >= 15 is 0 Å². The summed E-state index contributed by atoms with van der Waals surface area (Å²) in [4.78, 5) is 14.3. The van der Waals surface area contributed by atoms with Crippen molar-refractivity contribution in [1.29, 1.82) is 0 Å². The largest absolute Gasteiger partial charge is 0.303 e. The lowest BCUT2D eigenvalue weighted by Gasteiger charge is -2.23. The molecule has 0 radical (unpaired) electrons. The van der Waals surface area contributed by atoms with Crippen molar-refractivity contribution in [3.8, 4) is 0 Å². The van der Waals surface area contributed by atoms with Gasteiger partial charge in [-0.1, -0.05) is 0 Å². The van der Waals surface area contributed by atoms with E-state index in [2.05, 4.69) is 4.90 Å². The van der Waals surface area contributed by atoms with Gasteiger partial charge in [0.2, 0.25) is 0 Å². The second kappa shape index (κ2) is 5.09. The van der Waals surface area contributed by atoms with Crippen molar-refractivity contribution < 1.29 is 4.79 Å². The van der Waals surface area contributed by atoms with Crippen LogP contribution >= 0.6 is 0 Å². The van der Waals surface area contributed by atoms with Crippen molar-refractivity contribution in [2.45, 2.75) is 51.4 Å². The molecule has 3 aliphatic rings. The summed E-state index contributed by atoms with van der Waals surface area (Å²) in [6.07, 6.45) is 10.1. The Hall–Kier alpha value is -0.370. The van der Waals surface area contributed by atoms with Gasteiger partial charge in [-0.15, -0.1) is 0 Å². The van der Waals surface area contributed by atoms with Crippen molar-refractivity contribution in [3.05, 3.63) is 0 Å². The molecule has 0 N–H and O–H groups in total. The fourth-order valence-electron chi connectivity index (χ4n) is 3.12. The molecule has 0 aliphatic heterocycles. The Bertz CT molecular complexity index is 267. The number of rotatable bonds is 7. The van der Waals surface area contributed by atoms with E-state index in [0.717, 1.165) is 31.1 Å². The molecule has 2 heteroatoms. The molecule has 96 valence electrons. The summed E-state index contributed by atoms with van der Waals surface area (Å²) in [6.45, 7) is 3.82. The topological polar surface area (TPSA) is 20.3 Å². The minimum Gasteiger partial charge on any atom is -0.303 e. The average molecular weight is 235 g/mol. The van der Waals surface area contributed by atoms with Crippen LogP contribution < -0.4 is 0 Å². The fourth-order valence-corrected chi connectivity index (χ4v) is 3.12. The number of carbonyl (C=O) groups excluding carboxylic acids is 1. The van der Waals surface area contributed by atoms with E-state index in [4.69, 9.17) is 0 Å². The zero-order chi connectivity index (χ0) is 11.7. The molecular weight excluding hydrogens is 210 g/mol. The number of nitrogens with zero attached hydrogens (tertiary/aromatic N) is 1. The summed E-state index contributed by atoms with van der Waals surface area (Å²) in [5.74, 6) is 2.94. The Morgan fingerprint density at radius 1 is 1.00 bits per heavy atom. The highest BCUT2D eigenvalue weighted by Crippen LogP contribution is 2.34. The Morgan fingerprint density at radius 3 is 2.12 bits per heavy atom. The van der Waals surface area contributed by atoms with E-state index in [0.29, 0.717) is 11.7 Å². The van der Waals surface area contributed by atoms with Gasteiger partial charge in [-0.05, 0) is 63.3 Å². The summed E-state index contributed by atoms with van der Waals surface area (Å²) in [6, 6.07) is 0. The molecule has 0 aromatic rings. The van der Waals surface area contributed by atoms with Crippen LogP contribution in [0.2, 0.25) is 0 Å². The van der Waals surface area contributed by atoms with Gasteiger partial charge in [-0.3, -0.25) is 4.79 Å². The minimum atomic E-state index is 0.413. The van der Waals surface area contributed by atoms with E-state index < -0.39 is 0 Å². The molecular formula is C15H25NO. The molecule has 3 fully saturated rings. The zero-order valence-electron chi connectivity index (χ0n) is 10.9. The second-order valence-electron chi connectivity index (χ2n) is 6.49. The van der Waals surface area contributed by atoms with Crippen molar-refractivity contribution in [1.82, 2.24) is 4.90 Å². The minimum absolute atomic E-state index is 0.413. The number of ketones is 1. The van der Waals surface area contributed by atoms with Gasteiger partial charge >= 0.3 is 0 Å². The van der Waals surface area contributed by atoms with E-state index in [9.17, 15) is 4.79 Å². The lowest BCUT2D eigenvalue weighted by molar-refractivity contribution is -0.120. The van der Waals surface area contributed by atoms with Gasteiger partial charge < -0.3 is 4.90 Å². The van der Waals surface area contributed by atoms with Gasteiger partial charge in [-0.2, -0.15) is 0 Å². The monoisotopic (exact) mass is 235 g/mol. The number of hydrogen-bond donors (Lipinski definition) is 0. The Morgan fingerprint density at radius 2 is 1.65 bits per heavy atom. The van der Waals surface area contributed by atoms with Crippen LogP contribution in [0.25, 0.3) is 0 Å². The van der Waals surface area contributed by atoms with Crippen LogP contribution in [-0.4, -0.2) is 30.3 Å². The first kappa shape index (κ1) is 11.7. The molecule has 2 nitrogen and oxygen atoms in total. The van der Waals surface area contributed by atoms with E-state index in [1.807, 2.05) is 0 Å². The SMILES string of the molecule is O=C1CCCC1CCN(CC1CC1)CC1CC1. The Labute approximate surface area is 105 Å². The van der Waals surface area contributed by atoms with Crippen molar-refractivity contribution in [2.24, 2.45) is 17.8 Å². The van der Waals surface area contributed by atoms with Gasteiger partial charge in [0.15, 0.2) is 0 Å². The van der Waals surface area contributed by atoms with Crippen LogP contribution in [0.3, 0.4) is 0 Å². The van der Waals surface area contributed by atoms with E-state index in [-0.39, 0.29) is 0 Å². The molecule has 3 aliphatic carbocycles. The fraction of sp³-hybridized carbons (Fsp3) is 0.933. The molecule has 1 unspecified atom stereocenters. The van der Waals surface area contributed by atoms with Crippen LogP contribution in [0.1, 0.15) is 51.4 Å². The predicted molar refractivity (Wildman–Crippen MR) is 68.9 cm³/mol. The van der Waals surface area contributed by atoms with Gasteiger partial charge in [0, 0.05) is 25.4 Å². The number of carbonyl (C=O) groups is 1. The molecule has 1 atom stereocenters. The summed E-state index contributed by atoms with van der Waals surface area (Å²) in [5, 5.41) is 0. The summed E-state index contributed by atoms with van der Waals surface area (Å²) in [7, 11) is 0. The third-order valence-corrected chi connectivity index (χ3v) is 4.65. The molecule has 3 saturated carbocycles. The first-order chi connectivity index (χ1) is 8.31. The summed E-state index contributed by atoms with van der Waals surface area (Å²) in [5.41, 5.74) is 0. The first-order valence-corrected chi connectivity index (χ1v) is 7.56. The normalized spacial score (nSPS) is 29.2. The second-order valence-corrected chi connectivity index (χ2v) is 6.49. The molecule has 0 amide bonds. The molecule has 17 heavy (non-hydrogen) atoms. The van der Waals surface area contributed by atoms with Gasteiger partial charge in [0.05, 0.1) is 0 Å². The predicted octanol–water partition coefficient (Wildman–Crippen LogP) is 2.87. The van der Waals surface area contributed by atoms with Crippen molar-refractivity contribution >= 4 is 5.78 Å². The highest BCUT2D eigenvalue weighted by molar-refractivity contribution is 5.82. The molecule has 0 saturated heterocycles. The molecule has 0 aromatic heterocycles. The maximum absolute atomic E-state index is 11.6. The molecule has 0 aromatic carbocycles. The number of Topliss-reactive ketones (excluding diaryl/α,β-unsaturated/α-hetero) is 1. The van der Waals surface area contributed by atoms with Gasteiger partial charge in [0.25, 0.3) is 0 Å². The van der Waals surface area contributed by atoms with E-state index in [1.165, 1.54) is 51.7 Å². The highest BCUT2D eigenvalue weighted by atomic mass is 16.1. The molecule has 0 bridgehead atoms. The summed E-state index contributed by atoms with van der Waals surface area (Å²) < 4.78 is 0. The molecule has 3 rings (SSSR count). The van der Waals surface area contributed by atoms with Crippen LogP contribution in [0.5, 0.6) is 0 Å².